The first-order chi connectivity index (χ1) is 9.31. The molecule has 0 aliphatic heterocycles. The summed E-state index contributed by atoms with van der Waals surface area (Å²) < 4.78 is 0. The molecule has 20 heavy (non-hydrogen) atoms. The first-order valence-corrected chi connectivity index (χ1v) is 7.58. The van der Waals surface area contributed by atoms with E-state index in [0.717, 1.165) is 19.3 Å². The van der Waals surface area contributed by atoms with Crippen LogP contribution in [0.25, 0.3) is 0 Å². The van der Waals surface area contributed by atoms with Gasteiger partial charge in [0.1, 0.15) is 0 Å². The summed E-state index contributed by atoms with van der Waals surface area (Å²) in [6, 6.07) is 0.167. The molecule has 0 saturated heterocycles. The van der Waals surface area contributed by atoms with Crippen LogP contribution in [0.4, 0.5) is 0 Å². The van der Waals surface area contributed by atoms with Gasteiger partial charge in [0, 0.05) is 12.5 Å². The Kier molecular flexibility index (Phi) is 6.46. The summed E-state index contributed by atoms with van der Waals surface area (Å²) in [4.78, 5) is 23.5. The Labute approximate surface area is 122 Å². The van der Waals surface area contributed by atoms with Crippen LogP contribution >= 0.6 is 0 Å². The number of hydrogen-bond donors (Lipinski definition) is 3. The van der Waals surface area contributed by atoms with Gasteiger partial charge < -0.3 is 16.4 Å². The molecule has 5 heteroatoms. The standard InChI is InChI=1S/C15H29N3O2/c1-15(2,3)8-13(19)17-10-14(20)18-12-7-5-4-6-11(12)9-16/h11-12H,4-10,16H2,1-3H3,(H,17,19)(H,18,20). The third-order valence-corrected chi connectivity index (χ3v) is 3.70. The Morgan fingerprint density at radius 2 is 1.80 bits per heavy atom. The van der Waals surface area contributed by atoms with Crippen molar-refractivity contribution in [2.24, 2.45) is 17.1 Å². The van der Waals surface area contributed by atoms with Crippen LogP contribution in [0, 0.1) is 11.3 Å². The highest BCUT2D eigenvalue weighted by Gasteiger charge is 2.25. The van der Waals surface area contributed by atoms with Gasteiger partial charge in [-0.1, -0.05) is 33.6 Å². The molecule has 0 aromatic carbocycles. The molecule has 5 nitrogen and oxygen atoms in total. The Bertz CT molecular complexity index is 337. The van der Waals surface area contributed by atoms with Gasteiger partial charge in [-0.05, 0) is 30.7 Å². The molecule has 0 aromatic heterocycles. The third kappa shape index (κ3) is 6.37. The van der Waals surface area contributed by atoms with Gasteiger partial charge in [-0.25, -0.2) is 0 Å². The van der Waals surface area contributed by atoms with Crippen LogP contribution in [0.15, 0.2) is 0 Å². The highest BCUT2D eigenvalue weighted by atomic mass is 16.2. The number of hydrogen-bond acceptors (Lipinski definition) is 3. The molecule has 1 aliphatic rings. The largest absolute Gasteiger partial charge is 0.352 e. The van der Waals surface area contributed by atoms with Gasteiger partial charge in [0.05, 0.1) is 6.54 Å². The van der Waals surface area contributed by atoms with Crippen molar-refractivity contribution in [3.8, 4) is 0 Å². The molecule has 2 atom stereocenters. The molecule has 2 amide bonds. The average Bonchev–Trinajstić information content (AvgIpc) is 2.35. The van der Waals surface area contributed by atoms with Crippen LogP contribution in [0.5, 0.6) is 0 Å². The number of amides is 2. The molecule has 0 bridgehead atoms. The number of nitrogens with two attached hydrogens (primary N) is 1. The SMILES string of the molecule is CC(C)(C)CC(=O)NCC(=O)NC1CCCCC1CN. The van der Waals surface area contributed by atoms with Gasteiger partial charge in [0.25, 0.3) is 0 Å². The second-order valence-corrected chi connectivity index (χ2v) is 6.97. The lowest BCUT2D eigenvalue weighted by Crippen LogP contribution is -2.48. The van der Waals surface area contributed by atoms with Crippen LogP contribution in [0.3, 0.4) is 0 Å². The maximum absolute atomic E-state index is 11.9. The summed E-state index contributed by atoms with van der Waals surface area (Å²) in [5.74, 6) is 0.183. The molecule has 1 rings (SSSR count). The van der Waals surface area contributed by atoms with Crippen molar-refractivity contribution in [3.63, 3.8) is 0 Å². The Balaban J connectivity index is 2.30. The van der Waals surface area contributed by atoms with E-state index >= 15 is 0 Å². The summed E-state index contributed by atoms with van der Waals surface area (Å²) in [7, 11) is 0. The predicted octanol–water partition coefficient (Wildman–Crippen LogP) is 1.17. The fraction of sp³-hybridized carbons (Fsp3) is 0.867. The van der Waals surface area contributed by atoms with Crippen molar-refractivity contribution in [2.75, 3.05) is 13.1 Å². The van der Waals surface area contributed by atoms with E-state index in [1.807, 2.05) is 20.8 Å². The third-order valence-electron chi connectivity index (χ3n) is 3.70. The minimum absolute atomic E-state index is 0.0582. The Morgan fingerprint density at radius 1 is 1.15 bits per heavy atom. The quantitative estimate of drug-likeness (QED) is 0.708. The van der Waals surface area contributed by atoms with E-state index in [-0.39, 0.29) is 29.8 Å². The molecule has 0 spiro atoms. The topological polar surface area (TPSA) is 84.2 Å². The minimum Gasteiger partial charge on any atom is -0.352 e. The highest BCUT2D eigenvalue weighted by molar-refractivity contribution is 5.85. The molecule has 0 aromatic rings. The molecule has 116 valence electrons. The summed E-state index contributed by atoms with van der Waals surface area (Å²) in [6.45, 7) is 6.67. The first kappa shape index (κ1) is 17.0. The summed E-state index contributed by atoms with van der Waals surface area (Å²) in [6.07, 6.45) is 4.82. The summed E-state index contributed by atoms with van der Waals surface area (Å²) >= 11 is 0. The zero-order chi connectivity index (χ0) is 15.2. The van der Waals surface area contributed by atoms with Crippen LogP contribution < -0.4 is 16.4 Å². The minimum atomic E-state index is -0.113. The lowest BCUT2D eigenvalue weighted by molar-refractivity contribution is -0.127. The maximum atomic E-state index is 11.9. The van der Waals surface area contributed by atoms with Crippen molar-refractivity contribution in [2.45, 2.75) is 58.9 Å². The molecule has 1 fully saturated rings. The first-order valence-electron chi connectivity index (χ1n) is 7.58. The van der Waals surface area contributed by atoms with Gasteiger partial charge in [-0.15, -0.1) is 0 Å². The fourth-order valence-corrected chi connectivity index (χ4v) is 2.66. The molecule has 0 heterocycles. The highest BCUT2D eigenvalue weighted by Crippen LogP contribution is 2.23. The summed E-state index contributed by atoms with van der Waals surface area (Å²) in [5, 5.41) is 5.68. The van der Waals surface area contributed by atoms with Crippen LogP contribution in [0.1, 0.15) is 52.9 Å². The molecule has 1 saturated carbocycles. The predicted molar refractivity (Wildman–Crippen MR) is 80.0 cm³/mol. The molecule has 4 N–H and O–H groups in total. The molecular formula is C15H29N3O2. The lowest BCUT2D eigenvalue weighted by atomic mass is 9.84. The zero-order valence-corrected chi connectivity index (χ0v) is 13.0. The Hall–Kier alpha value is -1.10. The van der Waals surface area contributed by atoms with Crippen LogP contribution in [-0.4, -0.2) is 30.9 Å². The second kappa shape index (κ2) is 7.62. The van der Waals surface area contributed by atoms with Gasteiger partial charge in [-0.3, -0.25) is 9.59 Å². The normalized spacial score (nSPS) is 23.2. The number of carbonyl (C=O) groups excluding carboxylic acids is 2. The Morgan fingerprint density at radius 3 is 2.40 bits per heavy atom. The van der Waals surface area contributed by atoms with Gasteiger partial charge in [0.15, 0.2) is 0 Å². The number of carbonyl (C=O) groups is 2. The van der Waals surface area contributed by atoms with E-state index in [1.54, 1.807) is 0 Å². The van der Waals surface area contributed by atoms with Crippen molar-refractivity contribution >= 4 is 11.8 Å². The lowest BCUT2D eigenvalue weighted by Gasteiger charge is -2.31. The fourth-order valence-electron chi connectivity index (χ4n) is 2.66. The van der Waals surface area contributed by atoms with E-state index in [1.165, 1.54) is 6.42 Å². The van der Waals surface area contributed by atoms with Crippen molar-refractivity contribution in [3.05, 3.63) is 0 Å². The van der Waals surface area contributed by atoms with Crippen molar-refractivity contribution < 1.29 is 9.59 Å². The van der Waals surface area contributed by atoms with Gasteiger partial charge >= 0.3 is 0 Å². The molecular weight excluding hydrogens is 254 g/mol. The van der Waals surface area contributed by atoms with E-state index < -0.39 is 0 Å². The number of nitrogens with one attached hydrogen (secondary N) is 2. The van der Waals surface area contributed by atoms with Crippen molar-refractivity contribution in [1.29, 1.82) is 0 Å². The monoisotopic (exact) mass is 283 g/mol. The molecule has 0 radical (unpaired) electrons. The summed E-state index contributed by atoms with van der Waals surface area (Å²) in [5.41, 5.74) is 5.68. The van der Waals surface area contributed by atoms with Crippen LogP contribution in [-0.2, 0) is 9.59 Å². The maximum Gasteiger partial charge on any atom is 0.239 e. The van der Waals surface area contributed by atoms with E-state index in [0.29, 0.717) is 18.9 Å². The van der Waals surface area contributed by atoms with Gasteiger partial charge in [0.2, 0.25) is 11.8 Å². The van der Waals surface area contributed by atoms with E-state index in [9.17, 15) is 9.59 Å². The molecule has 1 aliphatic carbocycles. The van der Waals surface area contributed by atoms with Crippen LogP contribution in [0.2, 0.25) is 0 Å². The zero-order valence-electron chi connectivity index (χ0n) is 13.0. The number of rotatable bonds is 5. The second-order valence-electron chi connectivity index (χ2n) is 6.97. The molecule has 2 unspecified atom stereocenters. The van der Waals surface area contributed by atoms with Gasteiger partial charge in [-0.2, -0.15) is 0 Å². The smallest absolute Gasteiger partial charge is 0.239 e. The van der Waals surface area contributed by atoms with E-state index in [2.05, 4.69) is 10.6 Å². The van der Waals surface area contributed by atoms with E-state index in [4.69, 9.17) is 5.73 Å². The average molecular weight is 283 g/mol. The van der Waals surface area contributed by atoms with Crippen molar-refractivity contribution in [1.82, 2.24) is 10.6 Å².